The molecule has 1 N–H and O–H groups in total. The molecule has 4 aromatic rings. The van der Waals surface area contributed by atoms with Gasteiger partial charge in [-0.1, -0.05) is 30.3 Å². The van der Waals surface area contributed by atoms with Gasteiger partial charge in [0.1, 0.15) is 30.1 Å². The molecule has 0 aliphatic rings. The number of hydrogen-bond donors (Lipinski definition) is 1. The van der Waals surface area contributed by atoms with Crippen molar-refractivity contribution in [1.29, 1.82) is 0 Å². The summed E-state index contributed by atoms with van der Waals surface area (Å²) >= 11 is 0. The molecule has 4 rings (SSSR count). The van der Waals surface area contributed by atoms with Gasteiger partial charge in [-0.15, -0.1) is 0 Å². The van der Waals surface area contributed by atoms with Crippen LogP contribution in [-0.4, -0.2) is 47.3 Å². The van der Waals surface area contributed by atoms with Crippen LogP contribution < -0.4 is 14.2 Å². The number of nitrogens with zero attached hydrogens (tertiary/aromatic N) is 2. The lowest BCUT2D eigenvalue weighted by molar-refractivity contribution is -0.138. The van der Waals surface area contributed by atoms with Gasteiger partial charge in [-0.3, -0.25) is 9.69 Å². The van der Waals surface area contributed by atoms with Gasteiger partial charge in [0.05, 0.1) is 19.4 Å². The topological polar surface area (TPSA) is 111 Å². The fourth-order valence-corrected chi connectivity index (χ4v) is 3.48. The van der Waals surface area contributed by atoms with Crippen molar-refractivity contribution in [3.8, 4) is 28.7 Å². The molecule has 0 fully saturated rings. The number of oxazole rings is 1. The summed E-state index contributed by atoms with van der Waals surface area (Å²) in [7, 11) is 1.53. The highest BCUT2D eigenvalue weighted by atomic mass is 16.6. The highest BCUT2D eigenvalue weighted by Gasteiger charge is 2.19. The van der Waals surface area contributed by atoms with Crippen molar-refractivity contribution in [2.45, 2.75) is 13.0 Å². The maximum Gasteiger partial charge on any atom is 0.416 e. The second-order valence-electron chi connectivity index (χ2n) is 8.05. The number of carbonyl (C=O) groups excluding carboxylic acids is 1. The lowest BCUT2D eigenvalue weighted by Crippen LogP contribution is -2.37. The van der Waals surface area contributed by atoms with Gasteiger partial charge in [-0.05, 0) is 54.1 Å². The van der Waals surface area contributed by atoms with E-state index >= 15 is 0 Å². The summed E-state index contributed by atoms with van der Waals surface area (Å²) in [6, 6.07) is 23.2. The van der Waals surface area contributed by atoms with Crippen molar-refractivity contribution in [3.63, 3.8) is 0 Å². The Morgan fingerprint density at radius 2 is 1.59 bits per heavy atom. The van der Waals surface area contributed by atoms with Gasteiger partial charge >= 0.3 is 12.1 Å². The number of hydrogen-bond acceptors (Lipinski definition) is 7. The quantitative estimate of drug-likeness (QED) is 0.303. The van der Waals surface area contributed by atoms with Gasteiger partial charge in [0, 0.05) is 18.5 Å². The van der Waals surface area contributed by atoms with Crippen LogP contribution in [0.5, 0.6) is 17.2 Å². The second-order valence-corrected chi connectivity index (χ2v) is 8.05. The third-order valence-corrected chi connectivity index (χ3v) is 5.35. The standard InChI is InChI=1S/C28H26N2O7/c1-34-23-11-13-25(14-12-23)37-28(33)30(18-26(31)32)17-20-7-9-24(10-8-20)35-16-15-22-19-36-27(29-22)21-5-3-2-4-6-21/h2-14,19H,15-18H2,1H3,(H,31,32). The van der Waals surface area contributed by atoms with Gasteiger partial charge < -0.3 is 23.7 Å². The number of rotatable bonds is 11. The van der Waals surface area contributed by atoms with Crippen molar-refractivity contribution in [2.24, 2.45) is 0 Å². The van der Waals surface area contributed by atoms with E-state index in [-0.39, 0.29) is 12.3 Å². The van der Waals surface area contributed by atoms with E-state index in [1.165, 1.54) is 7.11 Å². The molecule has 0 saturated heterocycles. The van der Waals surface area contributed by atoms with Gasteiger partial charge in [0.25, 0.3) is 0 Å². The highest BCUT2D eigenvalue weighted by Crippen LogP contribution is 2.20. The Hall–Kier alpha value is -4.79. The van der Waals surface area contributed by atoms with Crippen molar-refractivity contribution < 1.29 is 33.3 Å². The Kier molecular flexibility index (Phi) is 8.38. The van der Waals surface area contributed by atoms with Crippen LogP contribution in [0.15, 0.2) is 89.5 Å². The number of amides is 1. The van der Waals surface area contributed by atoms with E-state index in [4.69, 9.17) is 18.6 Å². The molecule has 190 valence electrons. The molecule has 0 bridgehead atoms. The number of carboxylic acid groups (broad SMARTS) is 1. The van der Waals surface area contributed by atoms with Crippen LogP contribution in [0.1, 0.15) is 11.3 Å². The predicted molar refractivity (Wildman–Crippen MR) is 135 cm³/mol. The molecule has 0 aliphatic heterocycles. The van der Waals surface area contributed by atoms with Crippen molar-refractivity contribution >= 4 is 12.1 Å². The third kappa shape index (κ3) is 7.35. The Labute approximate surface area is 213 Å². The molecule has 0 aliphatic carbocycles. The predicted octanol–water partition coefficient (Wildman–Crippen LogP) is 5.06. The van der Waals surface area contributed by atoms with E-state index in [1.807, 2.05) is 30.3 Å². The monoisotopic (exact) mass is 502 g/mol. The molecule has 0 unspecified atom stereocenters. The summed E-state index contributed by atoms with van der Waals surface area (Å²) in [5.74, 6) is 0.961. The van der Waals surface area contributed by atoms with Crippen molar-refractivity contribution in [3.05, 3.63) is 96.4 Å². The third-order valence-electron chi connectivity index (χ3n) is 5.35. The Morgan fingerprint density at radius 3 is 2.27 bits per heavy atom. The SMILES string of the molecule is COc1ccc(OC(=O)N(CC(=O)O)Cc2ccc(OCCc3coc(-c4ccccc4)n3)cc2)cc1. The van der Waals surface area contributed by atoms with E-state index in [9.17, 15) is 14.7 Å². The van der Waals surface area contributed by atoms with Crippen LogP contribution in [0, 0.1) is 0 Å². The van der Waals surface area contributed by atoms with E-state index in [1.54, 1.807) is 54.8 Å². The zero-order valence-corrected chi connectivity index (χ0v) is 20.2. The molecule has 1 amide bonds. The lowest BCUT2D eigenvalue weighted by atomic mass is 10.2. The molecule has 37 heavy (non-hydrogen) atoms. The molecule has 1 aromatic heterocycles. The Balaban J connectivity index is 1.30. The number of carbonyl (C=O) groups is 2. The van der Waals surface area contributed by atoms with Crippen molar-refractivity contribution in [1.82, 2.24) is 9.88 Å². The first-order chi connectivity index (χ1) is 18.0. The minimum absolute atomic E-state index is 0.0583. The first-order valence-corrected chi connectivity index (χ1v) is 11.5. The fourth-order valence-electron chi connectivity index (χ4n) is 3.48. The number of ether oxygens (including phenoxy) is 3. The molecular weight excluding hydrogens is 476 g/mol. The normalized spacial score (nSPS) is 10.5. The van der Waals surface area contributed by atoms with Gasteiger partial charge in [-0.25, -0.2) is 9.78 Å². The van der Waals surface area contributed by atoms with Crippen LogP contribution in [0.25, 0.3) is 11.5 Å². The molecule has 0 atom stereocenters. The van der Waals surface area contributed by atoms with Crippen molar-refractivity contribution in [2.75, 3.05) is 20.3 Å². The largest absolute Gasteiger partial charge is 0.497 e. The summed E-state index contributed by atoms with van der Waals surface area (Å²) in [5, 5.41) is 9.25. The van der Waals surface area contributed by atoms with E-state index in [0.29, 0.717) is 30.4 Å². The minimum Gasteiger partial charge on any atom is -0.497 e. The molecule has 9 heteroatoms. The molecule has 9 nitrogen and oxygen atoms in total. The number of methoxy groups -OCH3 is 1. The van der Waals surface area contributed by atoms with E-state index < -0.39 is 18.6 Å². The summed E-state index contributed by atoms with van der Waals surface area (Å²) in [4.78, 5) is 29.5. The van der Waals surface area contributed by atoms with Crippen LogP contribution in [0.3, 0.4) is 0 Å². The Bertz CT molecular complexity index is 1300. The molecule has 1 heterocycles. The van der Waals surface area contributed by atoms with Gasteiger partial charge in [0.2, 0.25) is 5.89 Å². The van der Waals surface area contributed by atoms with E-state index in [2.05, 4.69) is 4.98 Å². The van der Waals surface area contributed by atoms with Gasteiger partial charge in [0.15, 0.2) is 0 Å². The summed E-state index contributed by atoms with van der Waals surface area (Å²) in [5.41, 5.74) is 2.43. The number of carboxylic acids is 1. The molecule has 0 saturated carbocycles. The average molecular weight is 503 g/mol. The zero-order chi connectivity index (χ0) is 26.0. The highest BCUT2D eigenvalue weighted by molar-refractivity contribution is 5.78. The Morgan fingerprint density at radius 1 is 0.919 bits per heavy atom. The van der Waals surface area contributed by atoms with Crippen LogP contribution in [-0.2, 0) is 17.8 Å². The number of aliphatic carboxylic acids is 1. The summed E-state index contributed by atoms with van der Waals surface area (Å²) in [6.07, 6.45) is 1.42. The first-order valence-electron chi connectivity index (χ1n) is 11.5. The molecule has 3 aromatic carbocycles. The zero-order valence-electron chi connectivity index (χ0n) is 20.2. The maximum atomic E-state index is 12.6. The second kappa shape index (κ2) is 12.3. The van der Waals surface area contributed by atoms with Crippen LogP contribution in [0.4, 0.5) is 4.79 Å². The lowest BCUT2D eigenvalue weighted by Gasteiger charge is -2.20. The summed E-state index contributed by atoms with van der Waals surface area (Å²) in [6.45, 7) is -0.0435. The van der Waals surface area contributed by atoms with Crippen LogP contribution >= 0.6 is 0 Å². The number of benzene rings is 3. The molecule has 0 radical (unpaired) electrons. The number of aromatic nitrogens is 1. The maximum absolute atomic E-state index is 12.6. The minimum atomic E-state index is -1.14. The molecule has 0 spiro atoms. The molecular formula is C28H26N2O7. The van der Waals surface area contributed by atoms with E-state index in [0.717, 1.165) is 21.7 Å². The summed E-state index contributed by atoms with van der Waals surface area (Å²) < 4.78 is 21.8. The van der Waals surface area contributed by atoms with Gasteiger partial charge in [-0.2, -0.15) is 0 Å². The fraction of sp³-hybridized carbons (Fsp3) is 0.179. The first kappa shape index (κ1) is 25.3. The van der Waals surface area contributed by atoms with Crippen LogP contribution in [0.2, 0.25) is 0 Å². The average Bonchev–Trinajstić information content (AvgIpc) is 3.39. The smallest absolute Gasteiger partial charge is 0.416 e.